The van der Waals surface area contributed by atoms with E-state index in [-0.39, 0.29) is 5.91 Å². The van der Waals surface area contributed by atoms with Crippen LogP contribution in [0, 0.1) is 0 Å². The van der Waals surface area contributed by atoms with Gasteiger partial charge in [0, 0.05) is 58.4 Å². The van der Waals surface area contributed by atoms with Crippen LogP contribution in [0.25, 0.3) is 28.3 Å². The van der Waals surface area contributed by atoms with Crippen molar-refractivity contribution >= 4 is 23.4 Å². The second-order valence-electron chi connectivity index (χ2n) is 6.79. The molecule has 0 saturated heterocycles. The van der Waals surface area contributed by atoms with Gasteiger partial charge in [-0.2, -0.15) is 0 Å². The Labute approximate surface area is 167 Å². The maximum Gasteiger partial charge on any atom is 0.253 e. The van der Waals surface area contributed by atoms with Crippen molar-refractivity contribution in [1.29, 1.82) is 0 Å². The summed E-state index contributed by atoms with van der Waals surface area (Å²) >= 11 is 1.78. The van der Waals surface area contributed by atoms with Crippen molar-refractivity contribution in [3.63, 3.8) is 0 Å². The molecule has 140 valence electrons. The van der Waals surface area contributed by atoms with E-state index in [0.29, 0.717) is 6.54 Å². The van der Waals surface area contributed by atoms with E-state index in [2.05, 4.69) is 51.0 Å². The zero-order chi connectivity index (χ0) is 18.9. The van der Waals surface area contributed by atoms with Crippen molar-refractivity contribution in [2.75, 3.05) is 18.9 Å². The number of nitrogens with zero attached hydrogens (tertiary/aromatic N) is 1. The number of aromatic nitrogens is 2. The SMILES string of the molecule is O=C1NCCc2[nH]c(-c3ccnc(-c4ccc(C5=CSCCO5)cc4)c3)cc21. The van der Waals surface area contributed by atoms with Gasteiger partial charge in [-0.25, -0.2) is 0 Å². The van der Waals surface area contributed by atoms with E-state index in [0.717, 1.165) is 63.9 Å². The van der Waals surface area contributed by atoms with Gasteiger partial charge >= 0.3 is 0 Å². The average molecular weight is 389 g/mol. The number of hydrogen-bond acceptors (Lipinski definition) is 4. The number of hydrogen-bond donors (Lipinski definition) is 2. The first kappa shape index (κ1) is 17.1. The van der Waals surface area contributed by atoms with Crippen molar-refractivity contribution < 1.29 is 9.53 Å². The molecule has 2 aromatic heterocycles. The number of amides is 1. The summed E-state index contributed by atoms with van der Waals surface area (Å²) in [5.41, 5.74) is 6.72. The highest BCUT2D eigenvalue weighted by atomic mass is 32.2. The van der Waals surface area contributed by atoms with Crippen molar-refractivity contribution in [2.45, 2.75) is 6.42 Å². The summed E-state index contributed by atoms with van der Waals surface area (Å²) in [6.45, 7) is 1.43. The summed E-state index contributed by atoms with van der Waals surface area (Å²) in [7, 11) is 0. The average Bonchev–Trinajstić information content (AvgIpc) is 3.21. The zero-order valence-corrected chi connectivity index (χ0v) is 16.0. The molecule has 1 aromatic carbocycles. The summed E-state index contributed by atoms with van der Waals surface area (Å²) in [5.74, 6) is 1.92. The lowest BCUT2D eigenvalue weighted by molar-refractivity contribution is 0.0946. The first-order chi connectivity index (χ1) is 13.8. The molecule has 0 fully saturated rings. The topological polar surface area (TPSA) is 67.0 Å². The molecule has 0 spiro atoms. The van der Waals surface area contributed by atoms with Gasteiger partial charge in [-0.3, -0.25) is 9.78 Å². The Morgan fingerprint density at radius 2 is 1.89 bits per heavy atom. The Morgan fingerprint density at radius 3 is 2.68 bits per heavy atom. The number of fused-ring (bicyclic) bond motifs is 1. The molecule has 0 radical (unpaired) electrons. The Balaban J connectivity index is 1.44. The highest BCUT2D eigenvalue weighted by Crippen LogP contribution is 2.29. The fourth-order valence-corrected chi connectivity index (χ4v) is 4.18. The van der Waals surface area contributed by atoms with E-state index in [1.165, 1.54) is 0 Å². The fraction of sp³-hybridized carbons (Fsp3) is 0.182. The first-order valence-electron chi connectivity index (χ1n) is 9.30. The second kappa shape index (κ2) is 7.20. The van der Waals surface area contributed by atoms with Crippen molar-refractivity contribution in [1.82, 2.24) is 15.3 Å². The molecule has 0 saturated carbocycles. The van der Waals surface area contributed by atoms with Crippen LogP contribution in [0.2, 0.25) is 0 Å². The van der Waals surface area contributed by atoms with Crippen LogP contribution in [0.1, 0.15) is 21.6 Å². The number of pyridine rings is 1. The smallest absolute Gasteiger partial charge is 0.253 e. The number of rotatable bonds is 3. The van der Waals surface area contributed by atoms with Crippen LogP contribution >= 0.6 is 11.8 Å². The lowest BCUT2D eigenvalue weighted by atomic mass is 10.0. The van der Waals surface area contributed by atoms with Crippen molar-refractivity contribution in [3.05, 3.63) is 70.9 Å². The fourth-order valence-electron chi connectivity index (χ4n) is 3.53. The van der Waals surface area contributed by atoms with Crippen LogP contribution in [0.5, 0.6) is 0 Å². The lowest BCUT2D eigenvalue weighted by Gasteiger charge is -2.14. The van der Waals surface area contributed by atoms with Crippen LogP contribution in [0.3, 0.4) is 0 Å². The molecule has 2 aliphatic heterocycles. The van der Waals surface area contributed by atoms with Gasteiger partial charge in [-0.1, -0.05) is 24.3 Å². The maximum absolute atomic E-state index is 12.0. The van der Waals surface area contributed by atoms with Gasteiger partial charge in [0.15, 0.2) is 0 Å². The van der Waals surface area contributed by atoms with E-state index in [9.17, 15) is 4.79 Å². The van der Waals surface area contributed by atoms with Gasteiger partial charge in [0.1, 0.15) is 5.76 Å². The van der Waals surface area contributed by atoms with E-state index < -0.39 is 0 Å². The number of carbonyl (C=O) groups excluding carboxylic acids is 1. The minimum atomic E-state index is -0.00832. The monoisotopic (exact) mass is 389 g/mol. The molecule has 0 bridgehead atoms. The van der Waals surface area contributed by atoms with Gasteiger partial charge < -0.3 is 15.0 Å². The number of H-pyrrole nitrogens is 1. The molecule has 28 heavy (non-hydrogen) atoms. The molecule has 6 heteroatoms. The Bertz CT molecular complexity index is 1070. The minimum Gasteiger partial charge on any atom is -0.492 e. The van der Waals surface area contributed by atoms with Gasteiger partial charge in [-0.05, 0) is 18.2 Å². The lowest BCUT2D eigenvalue weighted by Crippen LogP contribution is -2.31. The largest absolute Gasteiger partial charge is 0.492 e. The Kier molecular flexibility index (Phi) is 4.41. The van der Waals surface area contributed by atoms with Gasteiger partial charge in [0.2, 0.25) is 0 Å². The zero-order valence-electron chi connectivity index (χ0n) is 15.2. The molecular formula is C22H19N3O2S. The van der Waals surface area contributed by atoms with Gasteiger partial charge in [-0.15, -0.1) is 11.8 Å². The predicted octanol–water partition coefficient (Wildman–Crippen LogP) is 4.09. The Hall–Kier alpha value is -2.99. The van der Waals surface area contributed by atoms with Gasteiger partial charge in [0.05, 0.1) is 17.9 Å². The molecule has 4 heterocycles. The van der Waals surface area contributed by atoms with Crippen LogP contribution in [-0.2, 0) is 11.2 Å². The molecule has 5 rings (SSSR count). The molecule has 3 aromatic rings. The highest BCUT2D eigenvalue weighted by molar-refractivity contribution is 8.02. The molecule has 2 N–H and O–H groups in total. The number of benzene rings is 1. The van der Waals surface area contributed by atoms with E-state index in [4.69, 9.17) is 4.74 Å². The third kappa shape index (κ3) is 3.20. The van der Waals surface area contributed by atoms with E-state index in [1.807, 2.05) is 18.3 Å². The normalized spacial score (nSPS) is 16.0. The number of ether oxygens (including phenoxy) is 1. The maximum atomic E-state index is 12.0. The molecule has 0 atom stereocenters. The summed E-state index contributed by atoms with van der Waals surface area (Å²) in [4.78, 5) is 19.9. The third-order valence-corrected chi connectivity index (χ3v) is 5.77. The van der Waals surface area contributed by atoms with Gasteiger partial charge in [0.25, 0.3) is 5.91 Å². The summed E-state index contributed by atoms with van der Waals surface area (Å²) in [5, 5.41) is 4.95. The highest BCUT2D eigenvalue weighted by Gasteiger charge is 2.20. The summed E-state index contributed by atoms with van der Waals surface area (Å²) in [6, 6.07) is 14.2. The summed E-state index contributed by atoms with van der Waals surface area (Å²) in [6.07, 6.45) is 2.64. The molecular weight excluding hydrogens is 370 g/mol. The van der Waals surface area contributed by atoms with Crippen LogP contribution in [0.4, 0.5) is 0 Å². The Morgan fingerprint density at radius 1 is 1.04 bits per heavy atom. The number of carbonyl (C=O) groups is 1. The third-order valence-electron chi connectivity index (χ3n) is 4.99. The molecule has 1 amide bonds. The van der Waals surface area contributed by atoms with Crippen LogP contribution < -0.4 is 5.32 Å². The van der Waals surface area contributed by atoms with Crippen molar-refractivity contribution in [2.24, 2.45) is 0 Å². The van der Waals surface area contributed by atoms with E-state index in [1.54, 1.807) is 11.8 Å². The summed E-state index contributed by atoms with van der Waals surface area (Å²) < 4.78 is 5.72. The first-order valence-corrected chi connectivity index (χ1v) is 10.3. The molecule has 0 aliphatic carbocycles. The van der Waals surface area contributed by atoms with Crippen molar-refractivity contribution in [3.8, 4) is 22.5 Å². The van der Waals surface area contributed by atoms with Crippen LogP contribution in [-0.4, -0.2) is 34.8 Å². The number of thioether (sulfide) groups is 1. The molecule has 0 unspecified atom stereocenters. The molecule has 2 aliphatic rings. The standard InChI is InChI=1S/C22H19N3O2S/c26-22-17-12-20(25-18(17)6-8-24-22)16-5-7-23-19(11-16)14-1-3-15(4-2-14)21-13-28-10-9-27-21/h1-5,7,11-13,25H,6,8-10H2,(H,24,26). The molecule has 5 nitrogen and oxygen atoms in total. The quantitative estimate of drug-likeness (QED) is 0.708. The second-order valence-corrected chi connectivity index (χ2v) is 7.77. The van der Waals surface area contributed by atoms with Crippen LogP contribution in [0.15, 0.2) is 54.1 Å². The minimum absolute atomic E-state index is 0.00832. The number of aromatic amines is 1. The van der Waals surface area contributed by atoms with E-state index >= 15 is 0 Å². The number of nitrogens with one attached hydrogen (secondary N) is 2. The predicted molar refractivity (Wildman–Crippen MR) is 112 cm³/mol.